The number of anilines is 1. The molecular weight excluding hydrogens is 416 g/mol. The van der Waals surface area contributed by atoms with E-state index in [0.717, 1.165) is 22.8 Å². The molecule has 3 aromatic rings. The fraction of sp³-hybridized carbons (Fsp3) is 0.304. The Balaban J connectivity index is 1.43. The average molecular weight is 437 g/mol. The number of nitrogens with one attached hydrogen (secondary N) is 1. The van der Waals surface area contributed by atoms with Gasteiger partial charge in [0, 0.05) is 35.3 Å². The summed E-state index contributed by atoms with van der Waals surface area (Å²) in [7, 11) is 1.56. The van der Waals surface area contributed by atoms with Crippen molar-refractivity contribution in [1.82, 2.24) is 15.3 Å². The van der Waals surface area contributed by atoms with Crippen LogP contribution in [0.1, 0.15) is 30.7 Å². The fourth-order valence-electron chi connectivity index (χ4n) is 4.76. The molecule has 5 rings (SSSR count). The van der Waals surface area contributed by atoms with Gasteiger partial charge in [0.2, 0.25) is 11.8 Å². The number of urea groups is 1. The van der Waals surface area contributed by atoms with Crippen LogP contribution in [-0.4, -0.2) is 35.1 Å². The number of aromatic nitrogens is 2. The number of carbonyl (C=O) groups is 2. The number of amides is 3. The number of imide groups is 1. The lowest BCUT2D eigenvalue weighted by molar-refractivity contribution is -0.124. The van der Waals surface area contributed by atoms with Gasteiger partial charge < -0.3 is 10.1 Å². The number of methoxy groups -OCH3 is 1. The molecule has 1 N–H and O–H groups in total. The van der Waals surface area contributed by atoms with E-state index in [-0.39, 0.29) is 23.8 Å². The van der Waals surface area contributed by atoms with Gasteiger partial charge >= 0.3 is 6.03 Å². The minimum atomic E-state index is -0.413. The van der Waals surface area contributed by atoms with Crippen LogP contribution in [0.2, 0.25) is 5.02 Å². The van der Waals surface area contributed by atoms with Crippen LogP contribution in [0.5, 0.6) is 5.88 Å². The lowest BCUT2D eigenvalue weighted by atomic mass is 9.74. The van der Waals surface area contributed by atoms with E-state index >= 15 is 0 Å². The fourth-order valence-corrected chi connectivity index (χ4v) is 5.02. The molecule has 0 spiro atoms. The Labute approximate surface area is 184 Å². The van der Waals surface area contributed by atoms with Crippen LogP contribution >= 0.6 is 11.6 Å². The first-order valence-corrected chi connectivity index (χ1v) is 10.6. The van der Waals surface area contributed by atoms with Crippen molar-refractivity contribution in [2.75, 3.05) is 12.0 Å². The molecule has 7 nitrogen and oxygen atoms in total. The molecule has 8 heteroatoms. The van der Waals surface area contributed by atoms with Crippen molar-refractivity contribution in [2.24, 2.45) is 5.92 Å². The molecule has 0 bridgehead atoms. The number of rotatable bonds is 3. The second kappa shape index (κ2) is 7.81. The summed E-state index contributed by atoms with van der Waals surface area (Å²) in [6.07, 6.45) is 6.97. The Morgan fingerprint density at radius 1 is 1.16 bits per heavy atom. The second-order valence-electron chi connectivity index (χ2n) is 7.97. The number of fused-ring (bicyclic) bond motifs is 2. The Kier molecular flexibility index (Phi) is 4.98. The maximum absolute atomic E-state index is 13.4. The number of hydrogen-bond acceptors (Lipinski definition) is 5. The van der Waals surface area contributed by atoms with Gasteiger partial charge in [-0.3, -0.25) is 9.78 Å². The van der Waals surface area contributed by atoms with Gasteiger partial charge in [0.05, 0.1) is 29.9 Å². The Morgan fingerprint density at radius 2 is 2.00 bits per heavy atom. The third-order valence-corrected chi connectivity index (χ3v) is 6.61. The molecule has 1 aliphatic heterocycles. The van der Waals surface area contributed by atoms with Gasteiger partial charge in [0.1, 0.15) is 0 Å². The van der Waals surface area contributed by atoms with E-state index < -0.39 is 6.03 Å². The quantitative estimate of drug-likeness (QED) is 0.661. The molecule has 2 aromatic heterocycles. The van der Waals surface area contributed by atoms with E-state index in [4.69, 9.17) is 16.3 Å². The third kappa shape index (κ3) is 3.39. The van der Waals surface area contributed by atoms with Gasteiger partial charge in [-0.15, -0.1) is 0 Å². The van der Waals surface area contributed by atoms with E-state index in [2.05, 4.69) is 15.3 Å². The molecule has 3 unspecified atom stereocenters. The van der Waals surface area contributed by atoms with Crippen molar-refractivity contribution in [1.29, 1.82) is 0 Å². The SMILES string of the molecule is COc1cc(C2CCC3C(=O)N(c4cncc5ccccc45)C(=O)NC3C2)c(Cl)cn1. The van der Waals surface area contributed by atoms with E-state index in [9.17, 15) is 9.59 Å². The zero-order valence-electron chi connectivity index (χ0n) is 16.9. The molecule has 3 atom stereocenters. The van der Waals surface area contributed by atoms with Crippen LogP contribution in [-0.2, 0) is 4.79 Å². The van der Waals surface area contributed by atoms with Crippen molar-refractivity contribution >= 4 is 40.0 Å². The van der Waals surface area contributed by atoms with Gasteiger partial charge in [-0.2, -0.15) is 0 Å². The van der Waals surface area contributed by atoms with Gasteiger partial charge in [-0.25, -0.2) is 14.7 Å². The molecule has 0 radical (unpaired) electrons. The van der Waals surface area contributed by atoms with Crippen LogP contribution in [0.3, 0.4) is 0 Å². The Bertz CT molecular complexity index is 1180. The summed E-state index contributed by atoms with van der Waals surface area (Å²) >= 11 is 6.39. The summed E-state index contributed by atoms with van der Waals surface area (Å²) in [5.41, 5.74) is 1.46. The van der Waals surface area contributed by atoms with Crippen LogP contribution in [0.25, 0.3) is 10.8 Å². The summed E-state index contributed by atoms with van der Waals surface area (Å²) in [5.74, 6) is 0.156. The van der Waals surface area contributed by atoms with Crippen LogP contribution < -0.4 is 15.0 Å². The molecule has 1 aromatic carbocycles. The van der Waals surface area contributed by atoms with E-state index in [0.29, 0.717) is 29.4 Å². The molecule has 1 aliphatic carbocycles. The van der Waals surface area contributed by atoms with Gasteiger partial charge in [0.25, 0.3) is 0 Å². The lowest BCUT2D eigenvalue weighted by Gasteiger charge is -2.42. The summed E-state index contributed by atoms with van der Waals surface area (Å²) in [6, 6.07) is 8.79. The summed E-state index contributed by atoms with van der Waals surface area (Å²) in [4.78, 5) is 36.0. The Hall–Kier alpha value is -3.19. The molecule has 158 valence electrons. The third-order valence-electron chi connectivity index (χ3n) is 6.30. The monoisotopic (exact) mass is 436 g/mol. The highest BCUT2D eigenvalue weighted by Crippen LogP contribution is 2.42. The molecule has 2 fully saturated rings. The van der Waals surface area contributed by atoms with Crippen LogP contribution in [0.15, 0.2) is 48.9 Å². The van der Waals surface area contributed by atoms with Gasteiger partial charge in [-0.05, 0) is 30.7 Å². The Morgan fingerprint density at radius 3 is 2.84 bits per heavy atom. The summed E-state index contributed by atoms with van der Waals surface area (Å²) < 4.78 is 5.23. The van der Waals surface area contributed by atoms with Crippen LogP contribution in [0, 0.1) is 5.92 Å². The number of halogens is 1. The number of nitrogens with zero attached hydrogens (tertiary/aromatic N) is 3. The minimum absolute atomic E-state index is 0.115. The normalized spacial score (nSPS) is 23.4. The number of benzene rings is 1. The first-order valence-electron chi connectivity index (χ1n) is 10.2. The van der Waals surface area contributed by atoms with Crippen molar-refractivity contribution in [2.45, 2.75) is 31.2 Å². The standard InChI is InChI=1S/C23H21ClN4O3/c1-31-21-9-17(18(24)11-26-21)13-6-7-16-19(8-13)27-23(30)28(22(16)29)20-12-25-10-14-4-2-3-5-15(14)20/h2-5,9-13,16,19H,6-8H2,1H3,(H,27,30). The van der Waals surface area contributed by atoms with E-state index in [1.807, 2.05) is 30.3 Å². The summed E-state index contributed by atoms with van der Waals surface area (Å²) in [5, 5.41) is 5.33. The largest absolute Gasteiger partial charge is 0.481 e. The van der Waals surface area contributed by atoms with Gasteiger partial charge in [0.15, 0.2) is 0 Å². The molecule has 2 aliphatic rings. The molecular formula is C23H21ClN4O3. The van der Waals surface area contributed by atoms with E-state index in [1.165, 1.54) is 4.90 Å². The average Bonchev–Trinajstić information content (AvgIpc) is 2.79. The smallest absolute Gasteiger partial charge is 0.329 e. The van der Waals surface area contributed by atoms with Crippen molar-refractivity contribution in [3.8, 4) is 5.88 Å². The zero-order valence-corrected chi connectivity index (χ0v) is 17.7. The van der Waals surface area contributed by atoms with Crippen molar-refractivity contribution in [3.63, 3.8) is 0 Å². The lowest BCUT2D eigenvalue weighted by Crippen LogP contribution is -2.61. The highest BCUT2D eigenvalue weighted by Gasteiger charge is 2.45. The number of pyridine rings is 2. The maximum atomic E-state index is 13.4. The molecule has 1 saturated carbocycles. The second-order valence-corrected chi connectivity index (χ2v) is 8.38. The van der Waals surface area contributed by atoms with Gasteiger partial charge in [-0.1, -0.05) is 35.9 Å². The van der Waals surface area contributed by atoms with Crippen LogP contribution in [0.4, 0.5) is 10.5 Å². The molecule has 3 amide bonds. The number of carbonyl (C=O) groups excluding carboxylic acids is 2. The number of ether oxygens (including phenoxy) is 1. The maximum Gasteiger partial charge on any atom is 0.329 e. The van der Waals surface area contributed by atoms with Crippen molar-refractivity contribution in [3.05, 3.63) is 59.5 Å². The predicted octanol–water partition coefficient (Wildman–Crippen LogP) is 4.30. The topological polar surface area (TPSA) is 84.4 Å². The molecule has 31 heavy (non-hydrogen) atoms. The first kappa shape index (κ1) is 19.8. The predicted molar refractivity (Wildman–Crippen MR) is 117 cm³/mol. The minimum Gasteiger partial charge on any atom is -0.481 e. The molecule has 3 heterocycles. The zero-order chi connectivity index (χ0) is 21.5. The highest BCUT2D eigenvalue weighted by atomic mass is 35.5. The first-order chi connectivity index (χ1) is 15.1. The highest BCUT2D eigenvalue weighted by molar-refractivity contribution is 6.31. The number of hydrogen-bond donors (Lipinski definition) is 1. The van der Waals surface area contributed by atoms with E-state index in [1.54, 1.807) is 25.7 Å². The molecule has 1 saturated heterocycles. The van der Waals surface area contributed by atoms with Crippen molar-refractivity contribution < 1.29 is 14.3 Å². The summed E-state index contributed by atoms with van der Waals surface area (Å²) in [6.45, 7) is 0.